The van der Waals surface area contributed by atoms with Gasteiger partial charge < -0.3 is 20.5 Å². The van der Waals surface area contributed by atoms with Crippen molar-refractivity contribution in [2.45, 2.75) is 95.9 Å². The van der Waals surface area contributed by atoms with E-state index in [0.717, 1.165) is 45.2 Å². The number of hydrogen-bond acceptors (Lipinski definition) is 5. The van der Waals surface area contributed by atoms with Gasteiger partial charge in [-0.05, 0) is 70.6 Å². The van der Waals surface area contributed by atoms with Crippen LogP contribution < -0.4 is 16.0 Å². The van der Waals surface area contributed by atoms with Crippen molar-refractivity contribution in [3.8, 4) is 0 Å². The second-order valence-electron chi connectivity index (χ2n) is 11.4. The lowest BCUT2D eigenvalue weighted by Crippen LogP contribution is -2.47. The molecule has 4 rings (SSSR count). The number of aliphatic carboxylic acids is 1. The van der Waals surface area contributed by atoms with Gasteiger partial charge in [-0.3, -0.25) is 10.1 Å². The molecule has 0 aromatic rings. The minimum Gasteiger partial charge on any atom is -0.481 e. The van der Waals surface area contributed by atoms with E-state index < -0.39 is 17.3 Å². The van der Waals surface area contributed by atoms with Gasteiger partial charge in [0.2, 0.25) is 5.92 Å². The predicted octanol–water partition coefficient (Wildman–Crippen LogP) is 3.88. The molecule has 3 atom stereocenters. The number of rotatable bonds is 7. The fourth-order valence-corrected chi connectivity index (χ4v) is 5.85. The summed E-state index contributed by atoms with van der Waals surface area (Å²) >= 11 is 0. The summed E-state index contributed by atoms with van der Waals surface area (Å²) in [6.07, 6.45) is 9.13. The Kier molecular flexibility index (Phi) is 7.66. The van der Waals surface area contributed by atoms with Crippen molar-refractivity contribution < 1.29 is 23.4 Å². The molecule has 0 aromatic heterocycles. The number of hydrogen-bond donors (Lipinski definition) is 4. The smallest absolute Gasteiger partial charge is 0.311 e. The molecule has 33 heavy (non-hydrogen) atoms. The van der Waals surface area contributed by atoms with Gasteiger partial charge in [-0.2, -0.15) is 0 Å². The highest BCUT2D eigenvalue weighted by atomic mass is 19.3. The number of nitrogens with one attached hydrogen (secondary N) is 3. The van der Waals surface area contributed by atoms with E-state index in [9.17, 15) is 18.7 Å². The van der Waals surface area contributed by atoms with Gasteiger partial charge >= 0.3 is 5.97 Å². The van der Waals surface area contributed by atoms with Crippen molar-refractivity contribution in [1.29, 1.82) is 0 Å². The van der Waals surface area contributed by atoms with E-state index in [4.69, 9.17) is 4.74 Å². The van der Waals surface area contributed by atoms with E-state index in [1.54, 1.807) is 13.8 Å². The molecule has 0 spiro atoms. The van der Waals surface area contributed by atoms with E-state index in [-0.39, 0.29) is 31.7 Å². The summed E-state index contributed by atoms with van der Waals surface area (Å²) in [6, 6.07) is 0.304. The summed E-state index contributed by atoms with van der Waals surface area (Å²) in [5.74, 6) is -1.94. The number of alkyl halides is 2. The van der Waals surface area contributed by atoms with Crippen molar-refractivity contribution >= 4 is 5.97 Å². The second-order valence-corrected chi connectivity index (χ2v) is 11.4. The average molecular weight is 470 g/mol. The third kappa shape index (κ3) is 6.25. The molecule has 8 heteroatoms. The molecule has 2 saturated carbocycles. The summed E-state index contributed by atoms with van der Waals surface area (Å²) in [6.45, 7) is 5.47. The van der Waals surface area contributed by atoms with Crippen LogP contribution in [0.3, 0.4) is 0 Å². The summed E-state index contributed by atoms with van der Waals surface area (Å²) in [7, 11) is 0. The van der Waals surface area contributed by atoms with Crippen LogP contribution in [-0.2, 0) is 9.53 Å². The van der Waals surface area contributed by atoms with Gasteiger partial charge in [0.25, 0.3) is 0 Å². The molecule has 2 unspecified atom stereocenters. The molecule has 0 aromatic carbocycles. The molecule has 4 N–H and O–H groups in total. The minimum atomic E-state index is -2.46. The highest BCUT2D eigenvalue weighted by Crippen LogP contribution is 2.38. The van der Waals surface area contributed by atoms with Crippen LogP contribution in [0.4, 0.5) is 8.78 Å². The third-order valence-corrected chi connectivity index (χ3v) is 8.34. The van der Waals surface area contributed by atoms with Gasteiger partial charge in [-0.25, -0.2) is 8.78 Å². The van der Waals surface area contributed by atoms with Crippen LogP contribution in [-0.4, -0.2) is 55.0 Å². The van der Waals surface area contributed by atoms with E-state index in [0.29, 0.717) is 36.6 Å². The topological polar surface area (TPSA) is 82.6 Å². The van der Waals surface area contributed by atoms with Crippen molar-refractivity contribution in [2.24, 2.45) is 23.2 Å². The number of halogens is 2. The molecular weight excluding hydrogens is 428 g/mol. The van der Waals surface area contributed by atoms with Crippen LogP contribution in [0.2, 0.25) is 0 Å². The molecule has 3 fully saturated rings. The number of carboxylic acid groups (broad SMARTS) is 1. The molecule has 1 saturated heterocycles. The van der Waals surface area contributed by atoms with Crippen molar-refractivity contribution in [2.75, 3.05) is 19.7 Å². The number of ether oxygens (including phenoxy) is 1. The molecule has 6 nitrogen and oxygen atoms in total. The van der Waals surface area contributed by atoms with Crippen LogP contribution >= 0.6 is 0 Å². The van der Waals surface area contributed by atoms with Crippen LogP contribution in [0.1, 0.15) is 71.6 Å². The average Bonchev–Trinajstić information content (AvgIpc) is 3.28. The Morgan fingerprint density at radius 1 is 1.12 bits per heavy atom. The van der Waals surface area contributed by atoms with Crippen LogP contribution in [0.25, 0.3) is 0 Å². The van der Waals surface area contributed by atoms with Crippen LogP contribution in [0.15, 0.2) is 11.8 Å². The Morgan fingerprint density at radius 2 is 1.82 bits per heavy atom. The standard InChI is InChI=1S/C25H41F2N3O3/c1-24(2,23(31)32)15-33-19-6-3-16(4-7-19)20-8-5-18(13-28-20)22-29-14-21(30-22)17-9-11-25(26,27)12-10-17/h8,16-19,21-22,28-30H,3-7,9-15H2,1-2H3,(H,31,32)/t16?,18?,19?,21?,22-/m1/s1. The Bertz CT molecular complexity index is 712. The summed E-state index contributed by atoms with van der Waals surface area (Å²) < 4.78 is 32.9. The lowest BCUT2D eigenvalue weighted by molar-refractivity contribution is -0.152. The van der Waals surface area contributed by atoms with E-state index in [1.807, 2.05) is 0 Å². The van der Waals surface area contributed by atoms with E-state index in [2.05, 4.69) is 22.0 Å². The minimum absolute atomic E-state index is 0.0300. The maximum atomic E-state index is 13.5. The molecule has 0 bridgehead atoms. The molecule has 2 heterocycles. The zero-order chi connectivity index (χ0) is 23.6. The SMILES string of the molecule is CC(C)(COC1CCC(C2=CCC([C@@H]3NCC(C4CCC(F)(F)CC4)N3)CN2)CC1)C(=O)O. The van der Waals surface area contributed by atoms with Gasteiger partial charge in [-0.1, -0.05) is 6.08 Å². The molecule has 188 valence electrons. The van der Waals surface area contributed by atoms with E-state index >= 15 is 0 Å². The van der Waals surface area contributed by atoms with Gasteiger partial charge in [0.05, 0.1) is 24.3 Å². The van der Waals surface area contributed by atoms with Gasteiger partial charge in [0.1, 0.15) is 0 Å². The monoisotopic (exact) mass is 469 g/mol. The molecule has 2 aliphatic carbocycles. The quantitative estimate of drug-likeness (QED) is 0.453. The van der Waals surface area contributed by atoms with Crippen molar-refractivity contribution in [1.82, 2.24) is 16.0 Å². The maximum Gasteiger partial charge on any atom is 0.311 e. The number of allylic oxidation sites excluding steroid dienone is 2. The zero-order valence-electron chi connectivity index (χ0n) is 20.0. The van der Waals surface area contributed by atoms with Crippen molar-refractivity contribution in [3.05, 3.63) is 11.8 Å². The second kappa shape index (κ2) is 10.2. The van der Waals surface area contributed by atoms with Crippen LogP contribution in [0.5, 0.6) is 0 Å². The Balaban J connectivity index is 1.18. The highest BCUT2D eigenvalue weighted by Gasteiger charge is 2.41. The van der Waals surface area contributed by atoms with E-state index in [1.165, 1.54) is 5.70 Å². The molecule has 0 amide bonds. The lowest BCUT2D eigenvalue weighted by Gasteiger charge is -2.36. The summed E-state index contributed by atoms with van der Waals surface area (Å²) in [5.41, 5.74) is 0.502. The summed E-state index contributed by atoms with van der Waals surface area (Å²) in [5, 5.41) is 20.2. The van der Waals surface area contributed by atoms with Crippen LogP contribution in [0, 0.1) is 23.2 Å². The zero-order valence-corrected chi connectivity index (χ0v) is 20.0. The van der Waals surface area contributed by atoms with Gasteiger partial charge in [-0.15, -0.1) is 0 Å². The van der Waals surface area contributed by atoms with Gasteiger partial charge in [0, 0.05) is 43.6 Å². The fourth-order valence-electron chi connectivity index (χ4n) is 5.85. The highest BCUT2D eigenvalue weighted by molar-refractivity contribution is 5.73. The molecule has 4 aliphatic rings. The van der Waals surface area contributed by atoms with Crippen molar-refractivity contribution in [3.63, 3.8) is 0 Å². The predicted molar refractivity (Wildman–Crippen MR) is 123 cm³/mol. The van der Waals surface area contributed by atoms with Gasteiger partial charge in [0.15, 0.2) is 0 Å². The molecule has 0 radical (unpaired) electrons. The first-order valence-electron chi connectivity index (χ1n) is 12.8. The Hall–Kier alpha value is -1.25. The maximum absolute atomic E-state index is 13.5. The largest absolute Gasteiger partial charge is 0.481 e. The molecule has 2 aliphatic heterocycles. The Morgan fingerprint density at radius 3 is 2.42 bits per heavy atom. The molecular formula is C25H41F2N3O3. The fraction of sp³-hybridized carbons (Fsp3) is 0.880. The normalized spacial score (nSPS) is 35.6. The summed E-state index contributed by atoms with van der Waals surface area (Å²) in [4.78, 5) is 11.3. The Labute approximate surface area is 196 Å². The number of carboxylic acids is 1. The number of carbonyl (C=O) groups is 1. The lowest BCUT2D eigenvalue weighted by atomic mass is 9.82. The first-order chi connectivity index (χ1) is 15.6. The first-order valence-corrected chi connectivity index (χ1v) is 12.8. The third-order valence-electron chi connectivity index (χ3n) is 8.34. The first kappa shape index (κ1) is 24.9.